The summed E-state index contributed by atoms with van der Waals surface area (Å²) < 4.78 is 0.969. The summed E-state index contributed by atoms with van der Waals surface area (Å²) in [6, 6.07) is 3.99. The van der Waals surface area contributed by atoms with Gasteiger partial charge < -0.3 is 10.2 Å². The first-order valence-corrected chi connectivity index (χ1v) is 8.22. The minimum Gasteiger partial charge on any atom is -0.376 e. The normalized spacial score (nSPS) is 12.3. The second kappa shape index (κ2) is 10.1. The van der Waals surface area contributed by atoms with Gasteiger partial charge in [-0.05, 0) is 28.1 Å². The van der Waals surface area contributed by atoms with Gasteiger partial charge in [-0.3, -0.25) is 4.99 Å². The molecule has 0 aromatic heterocycles. The minimum atomic E-state index is 0.729. The van der Waals surface area contributed by atoms with Crippen molar-refractivity contribution in [3.05, 3.63) is 27.2 Å². The first-order valence-electron chi connectivity index (χ1n) is 7.05. The van der Waals surface area contributed by atoms with Crippen molar-refractivity contribution in [1.29, 1.82) is 0 Å². The van der Waals surface area contributed by atoms with Gasteiger partial charge in [0, 0.05) is 25.1 Å². The molecule has 1 aromatic rings. The van der Waals surface area contributed by atoms with Crippen LogP contribution in [0.5, 0.6) is 0 Å². The van der Waals surface area contributed by atoms with Crippen molar-refractivity contribution in [3.8, 4) is 0 Å². The van der Waals surface area contributed by atoms with Crippen LogP contribution in [-0.4, -0.2) is 33.0 Å². The number of halogens is 2. The highest BCUT2D eigenvalue weighted by Gasteiger charge is 2.18. The van der Waals surface area contributed by atoms with E-state index in [1.54, 1.807) is 0 Å². The Morgan fingerprint density at radius 3 is 2.25 bits per heavy atom. The molecule has 1 heterocycles. The number of nitrogens with one attached hydrogen (secondary N) is 1. The topological polar surface area (TPSA) is 27.6 Å². The van der Waals surface area contributed by atoms with E-state index >= 15 is 0 Å². The zero-order chi connectivity index (χ0) is 15.7. The third-order valence-corrected chi connectivity index (χ3v) is 3.51. The van der Waals surface area contributed by atoms with E-state index in [1.807, 2.05) is 58.8 Å². The number of anilines is 1. The molecule has 0 amide bonds. The second-order valence-electron chi connectivity index (χ2n) is 3.81. The molecule has 0 radical (unpaired) electrons. The third-order valence-electron chi connectivity index (χ3n) is 2.46. The Balaban J connectivity index is 0.000000829. The molecule has 5 heteroatoms. The summed E-state index contributed by atoms with van der Waals surface area (Å²) in [5.41, 5.74) is 1.95. The quantitative estimate of drug-likeness (QED) is 0.834. The summed E-state index contributed by atoms with van der Waals surface area (Å²) in [7, 11) is 3.95. The first-order chi connectivity index (χ1) is 9.61. The average molecular weight is 363 g/mol. The van der Waals surface area contributed by atoms with Gasteiger partial charge in [-0.15, -0.1) is 0 Å². The first kappa shape index (κ1) is 19.3. The van der Waals surface area contributed by atoms with Crippen molar-refractivity contribution >= 4 is 39.1 Å². The molecule has 0 atom stereocenters. The molecular weight excluding hydrogens is 338 g/mol. The molecule has 1 aliphatic heterocycles. The second-order valence-corrected chi connectivity index (χ2v) is 5.04. The Morgan fingerprint density at radius 1 is 1.20 bits per heavy atom. The van der Waals surface area contributed by atoms with Crippen molar-refractivity contribution in [2.45, 2.75) is 27.7 Å². The lowest BCUT2D eigenvalue weighted by Gasteiger charge is -2.18. The molecule has 3 nitrogen and oxygen atoms in total. The van der Waals surface area contributed by atoms with E-state index in [-0.39, 0.29) is 0 Å². The zero-order valence-corrected chi connectivity index (χ0v) is 15.6. The van der Waals surface area contributed by atoms with Crippen LogP contribution < -0.4 is 10.2 Å². The average Bonchev–Trinajstić information content (AvgIpc) is 2.97. The molecule has 0 spiro atoms. The van der Waals surface area contributed by atoms with Gasteiger partial charge in [0.1, 0.15) is 5.84 Å². The highest BCUT2D eigenvalue weighted by molar-refractivity contribution is 9.10. The highest BCUT2D eigenvalue weighted by Crippen LogP contribution is 2.33. The summed E-state index contributed by atoms with van der Waals surface area (Å²) in [4.78, 5) is 6.39. The van der Waals surface area contributed by atoms with Crippen LogP contribution in [0.3, 0.4) is 0 Å². The van der Waals surface area contributed by atoms with E-state index in [0.29, 0.717) is 0 Å². The maximum atomic E-state index is 6.40. The summed E-state index contributed by atoms with van der Waals surface area (Å²) in [6.45, 7) is 9.69. The van der Waals surface area contributed by atoms with Crippen LogP contribution in [0.4, 0.5) is 5.69 Å². The van der Waals surface area contributed by atoms with E-state index in [2.05, 4.69) is 26.2 Å². The van der Waals surface area contributed by atoms with Crippen molar-refractivity contribution in [2.75, 3.05) is 32.1 Å². The number of aliphatic imine (C=N–C) groups is 1. The van der Waals surface area contributed by atoms with Gasteiger partial charge in [0.25, 0.3) is 0 Å². The minimum absolute atomic E-state index is 0.729. The lowest BCUT2D eigenvalue weighted by Crippen LogP contribution is -2.21. The van der Waals surface area contributed by atoms with Gasteiger partial charge >= 0.3 is 0 Å². The Labute approximate surface area is 136 Å². The fourth-order valence-electron chi connectivity index (χ4n) is 1.67. The summed E-state index contributed by atoms with van der Waals surface area (Å²) >= 11 is 9.91. The van der Waals surface area contributed by atoms with Crippen LogP contribution in [-0.2, 0) is 0 Å². The monoisotopic (exact) mass is 361 g/mol. The van der Waals surface area contributed by atoms with Crippen LogP contribution in [0.1, 0.15) is 33.3 Å². The zero-order valence-electron chi connectivity index (χ0n) is 13.2. The number of rotatable bonds is 2. The molecular formula is C15H25BrClN3. The van der Waals surface area contributed by atoms with Crippen LogP contribution in [0.2, 0.25) is 5.02 Å². The molecule has 0 saturated heterocycles. The summed E-state index contributed by atoms with van der Waals surface area (Å²) in [5, 5.41) is 3.97. The van der Waals surface area contributed by atoms with Crippen LogP contribution in [0.15, 0.2) is 21.6 Å². The number of hydrogen-bond acceptors (Lipinski definition) is 3. The highest BCUT2D eigenvalue weighted by atomic mass is 79.9. The molecule has 0 bridgehead atoms. The van der Waals surface area contributed by atoms with Gasteiger partial charge in [-0.1, -0.05) is 39.3 Å². The maximum absolute atomic E-state index is 6.40. The number of benzene rings is 1. The molecule has 0 aliphatic carbocycles. The Hall–Kier alpha value is -0.740. The summed E-state index contributed by atoms with van der Waals surface area (Å²) in [5.74, 6) is 0.876. The fourth-order valence-corrected chi connectivity index (χ4v) is 2.72. The number of amidine groups is 1. The van der Waals surface area contributed by atoms with Crippen LogP contribution >= 0.6 is 27.5 Å². The van der Waals surface area contributed by atoms with Gasteiger partial charge in [-0.2, -0.15) is 0 Å². The number of hydrogen-bond donors (Lipinski definition) is 1. The molecule has 1 N–H and O–H groups in total. The molecule has 2 rings (SSSR count). The van der Waals surface area contributed by atoms with Crippen molar-refractivity contribution < 1.29 is 0 Å². The van der Waals surface area contributed by atoms with Crippen molar-refractivity contribution in [3.63, 3.8) is 0 Å². The van der Waals surface area contributed by atoms with Crippen molar-refractivity contribution in [2.24, 2.45) is 4.99 Å². The molecule has 0 saturated carbocycles. The van der Waals surface area contributed by atoms with E-state index in [9.17, 15) is 0 Å². The van der Waals surface area contributed by atoms with Gasteiger partial charge in [0.15, 0.2) is 0 Å². The van der Waals surface area contributed by atoms with Crippen LogP contribution in [0.25, 0.3) is 0 Å². The van der Waals surface area contributed by atoms with Crippen LogP contribution in [0, 0.1) is 0 Å². The van der Waals surface area contributed by atoms with E-state index < -0.39 is 0 Å². The largest absolute Gasteiger partial charge is 0.376 e. The predicted octanol–water partition coefficient (Wildman–Crippen LogP) is 4.57. The Bertz CT molecular complexity index is 445. The number of nitrogens with zero attached hydrogens (tertiary/aromatic N) is 2. The molecule has 20 heavy (non-hydrogen) atoms. The molecule has 0 unspecified atom stereocenters. The molecule has 114 valence electrons. The lowest BCUT2D eigenvalue weighted by atomic mass is 10.1. The van der Waals surface area contributed by atoms with Gasteiger partial charge in [0.05, 0.1) is 22.8 Å². The Morgan fingerprint density at radius 2 is 1.80 bits per heavy atom. The SMILES string of the molecule is CC.CC.CN(C)c1ccc(Br)c(C2=NCCN2)c1Cl. The van der Waals surface area contributed by atoms with E-state index in [4.69, 9.17) is 11.6 Å². The summed E-state index contributed by atoms with van der Waals surface area (Å²) in [6.07, 6.45) is 0. The van der Waals surface area contributed by atoms with E-state index in [1.165, 1.54) is 0 Å². The predicted molar refractivity (Wildman–Crippen MR) is 95.6 cm³/mol. The fraction of sp³-hybridized carbons (Fsp3) is 0.533. The third kappa shape index (κ3) is 4.67. The van der Waals surface area contributed by atoms with E-state index in [0.717, 1.165) is 39.7 Å². The Kier molecular flexibility index (Phi) is 9.68. The molecule has 1 aliphatic rings. The molecule has 0 fully saturated rings. The van der Waals surface area contributed by atoms with Gasteiger partial charge in [0.2, 0.25) is 0 Å². The van der Waals surface area contributed by atoms with Crippen molar-refractivity contribution in [1.82, 2.24) is 5.32 Å². The standard InChI is InChI=1S/C11H13BrClN3.2C2H6/c1-16(2)8-4-3-7(12)9(10(8)13)11-14-5-6-15-11;2*1-2/h3-4H,5-6H2,1-2H3,(H,14,15);2*1-2H3. The smallest absolute Gasteiger partial charge is 0.131 e. The van der Waals surface area contributed by atoms with Gasteiger partial charge in [-0.25, -0.2) is 0 Å². The lowest BCUT2D eigenvalue weighted by molar-refractivity contribution is 0.960. The molecule has 1 aromatic carbocycles. The maximum Gasteiger partial charge on any atom is 0.131 e.